The molecule has 0 N–H and O–H groups in total. The van der Waals surface area contributed by atoms with E-state index in [9.17, 15) is 19.3 Å². The van der Waals surface area contributed by atoms with Crippen LogP contribution in [0.15, 0.2) is 42.2 Å². The number of nitroso groups, excluding NO2 is 1. The molecule has 12 heteroatoms. The van der Waals surface area contributed by atoms with Crippen LogP contribution in [-0.4, -0.2) is 77.1 Å². The molecule has 0 aliphatic carbocycles. The number of carbonyl (C=O) groups is 3. The maximum Gasteiger partial charge on any atom is 0.417 e. The van der Waals surface area contributed by atoms with Gasteiger partial charge in [0.1, 0.15) is 18.1 Å². The average Bonchev–Trinajstić information content (AvgIpc) is 3.25. The summed E-state index contributed by atoms with van der Waals surface area (Å²) in [7, 11) is 1.53. The molecule has 1 aliphatic rings. The molecule has 0 spiro atoms. The molecule has 192 valence electrons. The molecular weight excluding hydrogens is 470 g/mol. The van der Waals surface area contributed by atoms with E-state index in [4.69, 9.17) is 14.2 Å². The van der Waals surface area contributed by atoms with Crippen LogP contribution in [0, 0.1) is 11.8 Å². The number of benzene rings is 1. The summed E-state index contributed by atoms with van der Waals surface area (Å²) in [5.74, 6) is -0.799. The topological polar surface area (TPSA) is 133 Å². The predicted molar refractivity (Wildman–Crippen MR) is 129 cm³/mol. The Bertz CT molecular complexity index is 1120. The van der Waals surface area contributed by atoms with Gasteiger partial charge in [0.2, 0.25) is 0 Å². The molecule has 1 aromatic heterocycles. The van der Waals surface area contributed by atoms with Gasteiger partial charge in [-0.1, -0.05) is 12.7 Å². The van der Waals surface area contributed by atoms with Gasteiger partial charge < -0.3 is 14.2 Å². The highest BCUT2D eigenvalue weighted by Gasteiger charge is 2.38. The second-order valence-corrected chi connectivity index (χ2v) is 7.96. The first-order valence-corrected chi connectivity index (χ1v) is 11.5. The third-order valence-electron chi connectivity index (χ3n) is 5.77. The molecule has 36 heavy (non-hydrogen) atoms. The summed E-state index contributed by atoms with van der Waals surface area (Å²) in [4.78, 5) is 51.6. The fourth-order valence-corrected chi connectivity index (χ4v) is 3.95. The first-order valence-electron chi connectivity index (χ1n) is 11.5. The van der Waals surface area contributed by atoms with Gasteiger partial charge in [0.25, 0.3) is 5.91 Å². The maximum atomic E-state index is 14.0. The molecule has 1 aliphatic heterocycles. The van der Waals surface area contributed by atoms with E-state index in [2.05, 4.69) is 17.0 Å². The molecule has 0 radical (unpaired) electrons. The largest absolute Gasteiger partial charge is 0.497 e. The van der Waals surface area contributed by atoms with Gasteiger partial charge in [0.05, 0.1) is 24.7 Å². The number of piperidine rings is 1. The first-order chi connectivity index (χ1) is 17.4. The zero-order valence-corrected chi connectivity index (χ0v) is 20.5. The number of carbonyl (C=O) groups excluding carboxylic acids is 3. The molecule has 2 aromatic rings. The van der Waals surface area contributed by atoms with E-state index in [1.165, 1.54) is 22.9 Å². The number of aromatic nitrogens is 2. The highest BCUT2D eigenvalue weighted by molar-refractivity contribution is 6.05. The van der Waals surface area contributed by atoms with Crippen molar-refractivity contribution in [2.75, 3.05) is 33.4 Å². The van der Waals surface area contributed by atoms with Gasteiger partial charge in [-0.05, 0) is 51.0 Å². The van der Waals surface area contributed by atoms with E-state index in [0.717, 1.165) is 4.90 Å². The number of ether oxygens (including phenoxy) is 3. The average molecular weight is 500 g/mol. The monoisotopic (exact) mass is 499 g/mol. The minimum Gasteiger partial charge on any atom is -0.497 e. The molecule has 0 bridgehead atoms. The number of esters is 1. The highest BCUT2D eigenvalue weighted by Crippen LogP contribution is 2.26. The van der Waals surface area contributed by atoms with Crippen LogP contribution < -0.4 is 4.74 Å². The summed E-state index contributed by atoms with van der Waals surface area (Å²) < 4.78 is 16.9. The van der Waals surface area contributed by atoms with Gasteiger partial charge in [-0.3, -0.25) is 9.80 Å². The SMILES string of the molecule is C=CCOC(=O)N(C(=O)c1c(C)c(C(=O)OCC)nn1-c1ccc(OC)cc1)C1CCN(N=O)CC1. The van der Waals surface area contributed by atoms with E-state index >= 15 is 0 Å². The minimum absolute atomic E-state index is 0.00900. The molecule has 0 saturated carbocycles. The molecule has 1 saturated heterocycles. The first kappa shape index (κ1) is 26.4. The molecular formula is C24H29N5O7. The van der Waals surface area contributed by atoms with Gasteiger partial charge >= 0.3 is 12.1 Å². The molecule has 2 amide bonds. The van der Waals surface area contributed by atoms with Crippen molar-refractivity contribution in [2.45, 2.75) is 32.7 Å². The van der Waals surface area contributed by atoms with Crippen LogP contribution in [0.1, 0.15) is 46.3 Å². The second kappa shape index (κ2) is 12.0. The van der Waals surface area contributed by atoms with Crippen LogP contribution >= 0.6 is 0 Å². The van der Waals surface area contributed by atoms with Crippen LogP contribution in [-0.2, 0) is 9.47 Å². The lowest BCUT2D eigenvalue weighted by Crippen LogP contribution is -2.50. The van der Waals surface area contributed by atoms with Crippen molar-refractivity contribution in [1.82, 2.24) is 19.7 Å². The van der Waals surface area contributed by atoms with Gasteiger partial charge in [-0.25, -0.2) is 19.2 Å². The van der Waals surface area contributed by atoms with Crippen molar-refractivity contribution in [3.8, 4) is 11.4 Å². The summed E-state index contributed by atoms with van der Waals surface area (Å²) in [6.07, 6.45) is 1.17. The quantitative estimate of drug-likeness (QED) is 0.289. The van der Waals surface area contributed by atoms with Crippen LogP contribution in [0.25, 0.3) is 5.69 Å². The molecule has 1 aromatic carbocycles. The Labute approximate surface area is 208 Å². The Hall–Kier alpha value is -4.22. The Balaban J connectivity index is 2.10. The highest BCUT2D eigenvalue weighted by atomic mass is 16.6. The van der Waals surface area contributed by atoms with Gasteiger partial charge in [0, 0.05) is 24.7 Å². The van der Waals surface area contributed by atoms with E-state index in [1.54, 1.807) is 38.1 Å². The van der Waals surface area contributed by atoms with E-state index in [1.807, 2.05) is 0 Å². The van der Waals surface area contributed by atoms with E-state index in [0.29, 0.717) is 24.3 Å². The van der Waals surface area contributed by atoms with E-state index < -0.39 is 24.0 Å². The molecule has 12 nitrogen and oxygen atoms in total. The van der Waals surface area contributed by atoms with Crippen molar-refractivity contribution in [2.24, 2.45) is 5.29 Å². The fourth-order valence-electron chi connectivity index (χ4n) is 3.95. The van der Waals surface area contributed by atoms with Crippen LogP contribution in [0.3, 0.4) is 0 Å². The summed E-state index contributed by atoms with van der Waals surface area (Å²) in [6.45, 7) is 7.35. The molecule has 1 fully saturated rings. The Morgan fingerprint density at radius 2 is 1.86 bits per heavy atom. The number of amides is 2. The molecule has 0 unspecified atom stereocenters. The number of hydrogen-bond donors (Lipinski definition) is 0. The number of nitrogens with zero attached hydrogens (tertiary/aromatic N) is 5. The summed E-state index contributed by atoms with van der Waals surface area (Å²) >= 11 is 0. The molecule has 3 rings (SSSR count). The number of methoxy groups -OCH3 is 1. The van der Waals surface area contributed by atoms with Crippen LogP contribution in [0.2, 0.25) is 0 Å². The zero-order chi connectivity index (χ0) is 26.2. The summed E-state index contributed by atoms with van der Waals surface area (Å²) in [6, 6.07) is 6.15. The Morgan fingerprint density at radius 3 is 2.42 bits per heavy atom. The lowest BCUT2D eigenvalue weighted by atomic mass is 10.0. The maximum absolute atomic E-state index is 14.0. The zero-order valence-electron chi connectivity index (χ0n) is 20.5. The predicted octanol–water partition coefficient (Wildman–Crippen LogP) is 3.28. The Kier molecular flexibility index (Phi) is 8.76. The van der Waals surface area contributed by atoms with Crippen molar-refractivity contribution >= 4 is 18.0 Å². The third kappa shape index (κ3) is 5.53. The smallest absolute Gasteiger partial charge is 0.417 e. The van der Waals surface area contributed by atoms with Crippen LogP contribution in [0.4, 0.5) is 4.79 Å². The van der Waals surface area contributed by atoms with E-state index in [-0.39, 0.29) is 43.3 Å². The third-order valence-corrected chi connectivity index (χ3v) is 5.77. The second-order valence-electron chi connectivity index (χ2n) is 7.96. The standard InChI is InChI=1S/C24H29N5O7/c1-5-15-36-24(32)28(17-11-13-27(26-33)14-12-17)22(30)21-16(3)20(23(31)35-6-2)25-29(21)18-7-9-19(34-4)10-8-18/h5,7-10,17H,1,6,11-15H2,2-4H3. The lowest BCUT2D eigenvalue weighted by Gasteiger charge is -2.34. The summed E-state index contributed by atoms with van der Waals surface area (Å²) in [5, 5.41) is 8.64. The van der Waals surface area contributed by atoms with Gasteiger partial charge in [-0.15, -0.1) is 4.91 Å². The molecule has 2 heterocycles. The fraction of sp³-hybridized carbons (Fsp3) is 0.417. The van der Waals surface area contributed by atoms with Crippen molar-refractivity contribution in [3.05, 3.63) is 58.8 Å². The number of rotatable bonds is 9. The minimum atomic E-state index is -0.864. The normalized spacial score (nSPS) is 13.6. The molecule has 0 atom stereocenters. The van der Waals surface area contributed by atoms with Gasteiger partial charge in [0.15, 0.2) is 5.69 Å². The van der Waals surface area contributed by atoms with Crippen molar-refractivity contribution in [1.29, 1.82) is 0 Å². The lowest BCUT2D eigenvalue weighted by molar-refractivity contribution is 0.0486. The van der Waals surface area contributed by atoms with Crippen molar-refractivity contribution in [3.63, 3.8) is 0 Å². The number of hydrogen-bond acceptors (Lipinski definition) is 9. The van der Waals surface area contributed by atoms with Gasteiger partial charge in [-0.2, -0.15) is 5.10 Å². The van der Waals surface area contributed by atoms with Crippen LogP contribution in [0.5, 0.6) is 5.75 Å². The van der Waals surface area contributed by atoms with Crippen molar-refractivity contribution < 1.29 is 28.6 Å². The summed E-state index contributed by atoms with van der Waals surface area (Å²) in [5.41, 5.74) is 0.685. The number of imide groups is 1. The Morgan fingerprint density at radius 1 is 1.19 bits per heavy atom.